The second-order valence-corrected chi connectivity index (χ2v) is 9.75. The normalized spacial score (nSPS) is 11.3. The first kappa shape index (κ1) is 24.0. The molecule has 0 bridgehead atoms. The standard InChI is InChI=1S/C27H19ClN2O4S/c1-18-6-11-22(12-7-18)35(33,34)15-14-19-8-9-21(24-5-3-2-4-23(19)24)17-29-30-27(32)20-10-13-26(31)25(28)16-20/h2-13,16-17,31H,1H3,(H,30,32). The second-order valence-electron chi connectivity index (χ2n) is 7.66. The van der Waals surface area contributed by atoms with Gasteiger partial charge in [0.25, 0.3) is 5.91 Å². The molecule has 174 valence electrons. The molecular formula is C27H19ClN2O4S. The number of benzene rings is 4. The van der Waals surface area contributed by atoms with Gasteiger partial charge in [-0.05, 0) is 60.0 Å². The van der Waals surface area contributed by atoms with Gasteiger partial charge in [0.15, 0.2) is 0 Å². The molecule has 0 saturated heterocycles. The Kier molecular flexibility index (Phi) is 6.87. The summed E-state index contributed by atoms with van der Waals surface area (Å²) < 4.78 is 25.2. The number of rotatable bonds is 4. The van der Waals surface area contributed by atoms with Crippen molar-refractivity contribution in [3.05, 3.63) is 106 Å². The molecule has 1 amide bonds. The molecule has 0 fully saturated rings. The van der Waals surface area contributed by atoms with Crippen molar-refractivity contribution in [2.75, 3.05) is 0 Å². The summed E-state index contributed by atoms with van der Waals surface area (Å²) in [5, 5.41) is 17.5. The summed E-state index contributed by atoms with van der Waals surface area (Å²) in [7, 11) is -3.77. The minimum atomic E-state index is -3.77. The number of aryl methyl sites for hydroxylation is 1. The monoisotopic (exact) mass is 502 g/mol. The van der Waals surface area contributed by atoms with Crippen LogP contribution in [0.1, 0.15) is 27.0 Å². The smallest absolute Gasteiger partial charge is 0.271 e. The van der Waals surface area contributed by atoms with Crippen LogP contribution in [0.25, 0.3) is 10.8 Å². The highest BCUT2D eigenvalue weighted by Gasteiger charge is 2.11. The van der Waals surface area contributed by atoms with Gasteiger partial charge in [0.1, 0.15) is 5.75 Å². The fraction of sp³-hybridized carbons (Fsp3) is 0.0370. The van der Waals surface area contributed by atoms with Crippen molar-refractivity contribution in [1.82, 2.24) is 5.43 Å². The van der Waals surface area contributed by atoms with Gasteiger partial charge >= 0.3 is 0 Å². The van der Waals surface area contributed by atoms with Crippen LogP contribution >= 0.6 is 11.6 Å². The molecule has 0 spiro atoms. The zero-order chi connectivity index (χ0) is 25.0. The molecule has 6 nitrogen and oxygen atoms in total. The predicted octanol–water partition coefficient (Wildman–Crippen LogP) is 5.05. The lowest BCUT2D eigenvalue weighted by atomic mass is 10.0. The van der Waals surface area contributed by atoms with Crippen LogP contribution in [0.15, 0.2) is 88.9 Å². The van der Waals surface area contributed by atoms with Crippen LogP contribution in [0.4, 0.5) is 0 Å². The first-order valence-corrected chi connectivity index (χ1v) is 12.3. The molecule has 2 N–H and O–H groups in total. The summed E-state index contributed by atoms with van der Waals surface area (Å²) >= 11 is 5.85. The Morgan fingerprint density at radius 2 is 1.71 bits per heavy atom. The van der Waals surface area contributed by atoms with Crippen molar-refractivity contribution in [3.8, 4) is 16.9 Å². The van der Waals surface area contributed by atoms with Crippen molar-refractivity contribution in [3.63, 3.8) is 0 Å². The average Bonchev–Trinajstić information content (AvgIpc) is 2.85. The molecule has 4 rings (SSSR count). The number of carbonyl (C=O) groups is 1. The minimum absolute atomic E-state index is 0.0636. The van der Waals surface area contributed by atoms with Gasteiger partial charge in [-0.1, -0.05) is 59.6 Å². The van der Waals surface area contributed by atoms with Crippen LogP contribution < -0.4 is 5.43 Å². The van der Waals surface area contributed by atoms with Crippen molar-refractivity contribution in [1.29, 1.82) is 0 Å². The quantitative estimate of drug-likeness (QED) is 0.232. The summed E-state index contributed by atoms with van der Waals surface area (Å²) in [6.07, 6.45) is 1.49. The fourth-order valence-electron chi connectivity index (χ4n) is 3.32. The lowest BCUT2D eigenvalue weighted by Crippen LogP contribution is -2.17. The van der Waals surface area contributed by atoms with Crippen LogP contribution in [-0.2, 0) is 9.84 Å². The number of phenols is 1. The van der Waals surface area contributed by atoms with Crippen molar-refractivity contribution in [2.45, 2.75) is 11.8 Å². The molecule has 0 radical (unpaired) electrons. The Labute approximate surface area is 207 Å². The lowest BCUT2D eigenvalue weighted by molar-refractivity contribution is 0.0955. The number of nitrogens with zero attached hydrogens (tertiary/aromatic N) is 1. The number of aromatic hydroxyl groups is 1. The number of hydrogen-bond donors (Lipinski definition) is 2. The van der Waals surface area contributed by atoms with Crippen molar-refractivity contribution >= 4 is 44.3 Å². The van der Waals surface area contributed by atoms with E-state index in [0.29, 0.717) is 11.1 Å². The molecule has 4 aromatic rings. The number of fused-ring (bicyclic) bond motifs is 1. The third-order valence-corrected chi connectivity index (χ3v) is 6.76. The highest BCUT2D eigenvalue weighted by molar-refractivity contribution is 7.96. The van der Waals surface area contributed by atoms with E-state index in [4.69, 9.17) is 11.6 Å². The number of phenolic OH excluding ortho intramolecular Hbond substituents is 1. The van der Waals surface area contributed by atoms with E-state index in [9.17, 15) is 18.3 Å². The van der Waals surface area contributed by atoms with Crippen LogP contribution in [0.3, 0.4) is 0 Å². The Balaban J connectivity index is 1.60. The van der Waals surface area contributed by atoms with Crippen LogP contribution in [0.2, 0.25) is 5.02 Å². The number of hydrazone groups is 1. The molecule has 0 aliphatic carbocycles. The van der Waals surface area contributed by atoms with E-state index in [1.165, 1.54) is 36.5 Å². The van der Waals surface area contributed by atoms with Crippen LogP contribution in [0.5, 0.6) is 5.75 Å². The Morgan fingerprint density at radius 3 is 2.43 bits per heavy atom. The first-order chi connectivity index (χ1) is 16.7. The third kappa shape index (κ3) is 5.52. The topological polar surface area (TPSA) is 95.8 Å². The highest BCUT2D eigenvalue weighted by Crippen LogP contribution is 2.24. The molecule has 4 aromatic carbocycles. The van der Waals surface area contributed by atoms with Gasteiger partial charge in [-0.25, -0.2) is 13.8 Å². The molecule has 0 aliphatic heterocycles. The number of amides is 1. The van der Waals surface area contributed by atoms with E-state index >= 15 is 0 Å². The first-order valence-electron chi connectivity index (χ1n) is 10.4. The summed E-state index contributed by atoms with van der Waals surface area (Å²) in [5.41, 5.74) is 4.89. The van der Waals surface area contributed by atoms with Crippen molar-refractivity contribution < 1.29 is 18.3 Å². The van der Waals surface area contributed by atoms with Crippen LogP contribution in [-0.4, -0.2) is 25.6 Å². The van der Waals surface area contributed by atoms with E-state index in [1.807, 2.05) is 31.2 Å². The highest BCUT2D eigenvalue weighted by atomic mass is 35.5. The number of nitrogens with one attached hydrogen (secondary N) is 1. The van der Waals surface area contributed by atoms with E-state index in [0.717, 1.165) is 16.3 Å². The molecule has 8 heteroatoms. The summed E-state index contributed by atoms with van der Waals surface area (Å²) in [4.78, 5) is 12.4. The van der Waals surface area contributed by atoms with Gasteiger partial charge in [0, 0.05) is 21.9 Å². The van der Waals surface area contributed by atoms with Gasteiger partial charge in [-0.2, -0.15) is 5.10 Å². The third-order valence-electron chi connectivity index (χ3n) is 5.19. The largest absolute Gasteiger partial charge is 0.506 e. The molecule has 0 heterocycles. The van der Waals surface area contributed by atoms with Gasteiger partial charge in [0.05, 0.1) is 16.1 Å². The molecule has 35 heavy (non-hydrogen) atoms. The molecule has 0 aliphatic rings. The van der Waals surface area contributed by atoms with Crippen LogP contribution in [0, 0.1) is 18.1 Å². The zero-order valence-electron chi connectivity index (χ0n) is 18.5. The Morgan fingerprint density at radius 1 is 1.00 bits per heavy atom. The number of hydrogen-bond acceptors (Lipinski definition) is 5. The van der Waals surface area contributed by atoms with E-state index in [-0.39, 0.29) is 21.2 Å². The van der Waals surface area contributed by atoms with Gasteiger partial charge in [-0.3, -0.25) is 4.79 Å². The molecular weight excluding hydrogens is 484 g/mol. The summed E-state index contributed by atoms with van der Waals surface area (Å²) in [5.74, 6) is 2.18. The van der Waals surface area contributed by atoms with E-state index in [2.05, 4.69) is 21.7 Å². The van der Waals surface area contributed by atoms with E-state index < -0.39 is 15.7 Å². The minimum Gasteiger partial charge on any atom is -0.506 e. The van der Waals surface area contributed by atoms with E-state index in [1.54, 1.807) is 24.3 Å². The zero-order valence-corrected chi connectivity index (χ0v) is 20.1. The maximum atomic E-state index is 12.6. The Bertz CT molecular complexity index is 1630. The number of halogens is 1. The average molecular weight is 503 g/mol. The SMILES string of the molecule is Cc1ccc(S(=O)(=O)C#Cc2ccc(C=NNC(=O)c3ccc(O)c(Cl)c3)c3ccccc23)cc1. The fourth-order valence-corrected chi connectivity index (χ4v) is 4.35. The van der Waals surface area contributed by atoms with Crippen molar-refractivity contribution in [2.24, 2.45) is 5.10 Å². The van der Waals surface area contributed by atoms with Gasteiger partial charge in [0.2, 0.25) is 9.84 Å². The number of sulfone groups is 1. The molecule has 0 saturated carbocycles. The molecule has 0 unspecified atom stereocenters. The maximum absolute atomic E-state index is 12.6. The predicted molar refractivity (Wildman–Crippen MR) is 137 cm³/mol. The van der Waals surface area contributed by atoms with Gasteiger partial charge < -0.3 is 5.11 Å². The molecule has 0 aromatic heterocycles. The Hall–Kier alpha value is -4.12. The lowest BCUT2D eigenvalue weighted by Gasteiger charge is -2.05. The molecule has 0 atom stereocenters. The second kappa shape index (κ2) is 10.0. The summed E-state index contributed by atoms with van der Waals surface area (Å²) in [6.45, 7) is 1.88. The summed E-state index contributed by atoms with van der Waals surface area (Å²) in [6, 6.07) is 21.5. The number of carbonyl (C=O) groups excluding carboxylic acids is 1. The maximum Gasteiger partial charge on any atom is 0.271 e. The van der Waals surface area contributed by atoms with Gasteiger partial charge in [-0.15, -0.1) is 0 Å².